The van der Waals surface area contributed by atoms with Crippen molar-refractivity contribution >= 4 is 51.7 Å². The molecule has 2 aliphatic rings. The number of amides is 2. The first-order valence-corrected chi connectivity index (χ1v) is 12.9. The zero-order valence-electron chi connectivity index (χ0n) is 19.1. The van der Waals surface area contributed by atoms with E-state index in [0.29, 0.717) is 23.4 Å². The number of hydrogen-bond donors (Lipinski definition) is 3. The number of nitrogens with one attached hydrogen (secondary N) is 2. The Morgan fingerprint density at radius 3 is 2.84 bits per heavy atom. The van der Waals surface area contributed by atoms with Crippen molar-refractivity contribution < 1.29 is 28.9 Å². The lowest BCUT2D eigenvalue weighted by Crippen LogP contribution is -2.71. The van der Waals surface area contributed by atoms with Crippen LogP contribution in [0.4, 0.5) is 5.13 Å². The molecular formula is C22H20N8O5S2. The number of aromatic nitrogens is 4. The van der Waals surface area contributed by atoms with Crippen molar-refractivity contribution in [2.75, 3.05) is 11.5 Å². The molecule has 0 spiro atoms. The van der Waals surface area contributed by atoms with Crippen LogP contribution in [-0.2, 0) is 32.4 Å². The number of nitrogens with two attached hydrogens (primary N) is 1. The van der Waals surface area contributed by atoms with E-state index < -0.39 is 29.2 Å². The van der Waals surface area contributed by atoms with Gasteiger partial charge >= 0.3 is 0 Å². The fourth-order valence-corrected chi connectivity index (χ4v) is 5.77. The van der Waals surface area contributed by atoms with Gasteiger partial charge in [0.2, 0.25) is 0 Å². The molecule has 4 N–H and O–H groups in total. The Balaban J connectivity index is 1.32. The Kier molecular flexibility index (Phi) is 6.87. The van der Waals surface area contributed by atoms with Gasteiger partial charge in [0, 0.05) is 40.6 Å². The molecule has 1 saturated heterocycles. The van der Waals surface area contributed by atoms with Crippen molar-refractivity contribution in [3.8, 4) is 0 Å². The Morgan fingerprint density at radius 1 is 1.35 bits per heavy atom. The Labute approximate surface area is 218 Å². The highest BCUT2D eigenvalue weighted by molar-refractivity contribution is 8.00. The van der Waals surface area contributed by atoms with E-state index >= 15 is 0 Å². The van der Waals surface area contributed by atoms with Gasteiger partial charge in [-0.15, -0.1) is 23.1 Å². The number of oxime groups is 1. The van der Waals surface area contributed by atoms with E-state index in [2.05, 4.69) is 25.7 Å². The van der Waals surface area contributed by atoms with E-state index in [-0.39, 0.29) is 28.8 Å². The lowest BCUT2D eigenvalue weighted by molar-refractivity contribution is -0.689. The van der Waals surface area contributed by atoms with Crippen LogP contribution in [0.25, 0.3) is 0 Å². The first-order chi connectivity index (χ1) is 17.9. The van der Waals surface area contributed by atoms with Crippen LogP contribution >= 0.6 is 23.1 Å². The first kappa shape index (κ1) is 24.5. The van der Waals surface area contributed by atoms with E-state index in [9.17, 15) is 19.5 Å². The van der Waals surface area contributed by atoms with E-state index in [1.54, 1.807) is 30.2 Å². The lowest BCUT2D eigenvalue weighted by Gasteiger charge is -2.50. The SMILES string of the molecule is Nc1nc(C(=NOCc2cn[nH]c2)C(=O)N[C@@H]2C(=O)N3C(C(=O)[O-])=C(C[n+]4ccccc4)CS[C@@H]23)cs1. The van der Waals surface area contributed by atoms with Crippen molar-refractivity contribution in [2.45, 2.75) is 24.6 Å². The molecule has 5 rings (SSSR count). The fourth-order valence-electron chi connectivity index (χ4n) is 3.89. The number of anilines is 1. The molecule has 15 heteroatoms. The van der Waals surface area contributed by atoms with Crippen LogP contribution in [0.3, 0.4) is 0 Å². The smallest absolute Gasteiger partial charge is 0.276 e. The van der Waals surface area contributed by atoms with Gasteiger partial charge in [0.05, 0.1) is 17.9 Å². The minimum absolute atomic E-state index is 0.0451. The second-order valence-electron chi connectivity index (χ2n) is 8.04. The van der Waals surface area contributed by atoms with Gasteiger partial charge in [-0.1, -0.05) is 11.2 Å². The van der Waals surface area contributed by atoms with Crippen molar-refractivity contribution in [1.82, 2.24) is 25.4 Å². The number of carboxylic acids is 1. The Hall–Kier alpha value is -4.24. The third-order valence-corrected chi connectivity index (χ3v) is 7.61. The van der Waals surface area contributed by atoms with Gasteiger partial charge < -0.3 is 25.8 Å². The maximum atomic E-state index is 13.1. The van der Waals surface area contributed by atoms with Gasteiger partial charge in [0.15, 0.2) is 29.8 Å². The molecule has 37 heavy (non-hydrogen) atoms. The molecule has 0 bridgehead atoms. The summed E-state index contributed by atoms with van der Waals surface area (Å²) in [4.78, 5) is 48.7. The minimum Gasteiger partial charge on any atom is -0.543 e. The Bertz CT molecular complexity index is 1390. The van der Waals surface area contributed by atoms with E-state index in [1.165, 1.54) is 16.7 Å². The number of carboxylic acid groups (broad SMARTS) is 1. The minimum atomic E-state index is -1.44. The zero-order valence-corrected chi connectivity index (χ0v) is 20.7. The standard InChI is InChI=1S/C22H20N8O5S2/c23-22-26-14(11-37-22)15(28-35-9-12-6-24-25-7-12)18(31)27-16-19(32)30-17(21(33)34)13(10-36-20(16)30)8-29-4-2-1-3-5-29/h1-7,11,16,20H,8-10H2,(H4-,23,24,25,26,27,31,33,34)/t16-,20+/m1/s1. The highest BCUT2D eigenvalue weighted by atomic mass is 32.2. The van der Waals surface area contributed by atoms with Gasteiger partial charge in [0.1, 0.15) is 23.7 Å². The monoisotopic (exact) mass is 540 g/mol. The van der Waals surface area contributed by atoms with Crippen LogP contribution in [0.2, 0.25) is 0 Å². The quantitative estimate of drug-likeness (QED) is 0.129. The molecule has 2 aliphatic heterocycles. The summed E-state index contributed by atoms with van der Waals surface area (Å²) >= 11 is 2.47. The zero-order chi connectivity index (χ0) is 25.9. The molecule has 0 unspecified atom stereocenters. The van der Waals surface area contributed by atoms with E-state index in [1.807, 2.05) is 22.8 Å². The van der Waals surface area contributed by atoms with Crippen LogP contribution in [0.1, 0.15) is 11.3 Å². The van der Waals surface area contributed by atoms with Crippen LogP contribution in [0.15, 0.2) is 64.8 Å². The summed E-state index contributed by atoms with van der Waals surface area (Å²) in [7, 11) is 0. The summed E-state index contributed by atoms with van der Waals surface area (Å²) in [5, 5.41) is 26.2. The number of carbonyl (C=O) groups is 3. The number of hydrogen-bond acceptors (Lipinski definition) is 11. The number of rotatable bonds is 9. The van der Waals surface area contributed by atoms with Crippen LogP contribution in [-0.4, -0.2) is 60.7 Å². The predicted octanol–water partition coefficient (Wildman–Crippen LogP) is -1.24. The molecule has 2 amide bonds. The van der Waals surface area contributed by atoms with E-state index in [4.69, 9.17) is 10.6 Å². The number of pyridine rings is 1. The largest absolute Gasteiger partial charge is 0.543 e. The molecule has 0 aliphatic carbocycles. The summed E-state index contributed by atoms with van der Waals surface area (Å²) in [6, 6.07) is 4.54. The van der Waals surface area contributed by atoms with Crippen molar-refractivity contribution in [3.63, 3.8) is 0 Å². The number of thioether (sulfide) groups is 1. The molecule has 5 heterocycles. The van der Waals surface area contributed by atoms with E-state index in [0.717, 1.165) is 11.3 Å². The van der Waals surface area contributed by atoms with Crippen molar-refractivity contribution in [2.24, 2.45) is 5.16 Å². The number of fused-ring (bicyclic) bond motifs is 1. The highest BCUT2D eigenvalue weighted by Gasteiger charge is 2.53. The highest BCUT2D eigenvalue weighted by Crippen LogP contribution is 2.40. The van der Waals surface area contributed by atoms with Gasteiger partial charge in [0.25, 0.3) is 11.8 Å². The molecule has 190 valence electrons. The van der Waals surface area contributed by atoms with Crippen molar-refractivity contribution in [3.05, 3.63) is 70.9 Å². The van der Waals surface area contributed by atoms with Gasteiger partial charge in [-0.05, 0) is 0 Å². The maximum Gasteiger partial charge on any atom is 0.276 e. The molecule has 0 aromatic carbocycles. The molecule has 0 saturated carbocycles. The number of H-pyrrole nitrogens is 1. The molecular weight excluding hydrogens is 520 g/mol. The Morgan fingerprint density at radius 2 is 2.16 bits per heavy atom. The number of aromatic amines is 1. The number of carbonyl (C=O) groups excluding carboxylic acids is 3. The van der Waals surface area contributed by atoms with Gasteiger partial charge in [-0.3, -0.25) is 19.6 Å². The molecule has 3 aromatic rings. The fraction of sp³-hybridized carbons (Fsp3) is 0.227. The second-order valence-corrected chi connectivity index (χ2v) is 10.0. The number of nitrogens with zero attached hydrogens (tertiary/aromatic N) is 5. The predicted molar refractivity (Wildman–Crippen MR) is 130 cm³/mol. The van der Waals surface area contributed by atoms with Crippen LogP contribution < -0.4 is 20.7 Å². The topological polar surface area (TPSA) is 183 Å². The molecule has 1 fully saturated rings. The number of nitrogen functional groups attached to an aromatic ring is 1. The number of thiazole rings is 1. The third kappa shape index (κ3) is 5.03. The summed E-state index contributed by atoms with van der Waals surface area (Å²) in [6.07, 6.45) is 6.77. The normalized spacial score (nSPS) is 19.3. The average molecular weight is 541 g/mol. The summed E-state index contributed by atoms with van der Waals surface area (Å²) < 4.78 is 1.81. The summed E-state index contributed by atoms with van der Waals surface area (Å²) in [5.41, 5.74) is 6.82. The number of β-lactam (4-membered cyclic amide) rings is 1. The maximum absolute atomic E-state index is 13.1. The van der Waals surface area contributed by atoms with Crippen LogP contribution in [0.5, 0.6) is 0 Å². The summed E-state index contributed by atoms with van der Waals surface area (Å²) in [5.74, 6) is -2.36. The first-order valence-electron chi connectivity index (χ1n) is 10.9. The molecule has 13 nitrogen and oxygen atoms in total. The third-order valence-electron chi connectivity index (χ3n) is 5.60. The summed E-state index contributed by atoms with van der Waals surface area (Å²) in [6.45, 7) is 0.338. The average Bonchev–Trinajstić information content (AvgIpc) is 3.57. The van der Waals surface area contributed by atoms with Gasteiger partial charge in [-0.25, -0.2) is 9.55 Å². The lowest BCUT2D eigenvalue weighted by atomic mass is 10.0. The van der Waals surface area contributed by atoms with Crippen LogP contribution in [0, 0.1) is 0 Å². The molecule has 3 aromatic heterocycles. The molecule has 0 radical (unpaired) electrons. The second kappa shape index (κ2) is 10.4. The molecule has 2 atom stereocenters. The van der Waals surface area contributed by atoms with Gasteiger partial charge in [-0.2, -0.15) is 5.10 Å². The van der Waals surface area contributed by atoms with Crippen molar-refractivity contribution in [1.29, 1.82) is 0 Å². The number of aliphatic carboxylic acids is 1.